The largest absolute Gasteiger partial charge is 0.348 e. The molecule has 21 heavy (non-hydrogen) atoms. The fraction of sp³-hybridized carbons (Fsp3) is 0.538. The fourth-order valence-corrected chi connectivity index (χ4v) is 3.80. The van der Waals surface area contributed by atoms with Gasteiger partial charge in [-0.15, -0.1) is 10.2 Å². The first kappa shape index (κ1) is 12.9. The lowest BCUT2D eigenvalue weighted by molar-refractivity contribution is 0.625. The van der Waals surface area contributed by atoms with Gasteiger partial charge in [0.25, 0.3) is 0 Å². The highest BCUT2D eigenvalue weighted by Gasteiger charge is 2.25. The number of hydrogen-bond acceptors (Lipinski definition) is 6. The first-order valence-corrected chi connectivity index (χ1v) is 8.08. The van der Waals surface area contributed by atoms with E-state index in [0.29, 0.717) is 12.3 Å². The Labute approximate surface area is 125 Å². The second-order valence-corrected chi connectivity index (χ2v) is 6.55. The SMILES string of the molecule is NC(Cc1cnc[nH]1)c1nn2c(C3CCCC3)nnc2s1. The fourth-order valence-electron chi connectivity index (χ4n) is 2.96. The summed E-state index contributed by atoms with van der Waals surface area (Å²) in [6.07, 6.45) is 9.08. The predicted molar refractivity (Wildman–Crippen MR) is 79.1 cm³/mol. The van der Waals surface area contributed by atoms with Crippen molar-refractivity contribution in [1.82, 2.24) is 29.8 Å². The summed E-state index contributed by atoms with van der Waals surface area (Å²) in [6, 6.07) is -0.145. The van der Waals surface area contributed by atoms with E-state index in [2.05, 4.69) is 25.3 Å². The smallest absolute Gasteiger partial charge is 0.234 e. The normalized spacial score (nSPS) is 17.8. The lowest BCUT2D eigenvalue weighted by Crippen LogP contribution is -2.14. The molecule has 0 spiro atoms. The Morgan fingerprint density at radius 2 is 2.24 bits per heavy atom. The molecule has 1 fully saturated rings. The highest BCUT2D eigenvalue weighted by atomic mass is 32.1. The molecule has 7 nitrogen and oxygen atoms in total. The number of imidazole rings is 1. The third-order valence-corrected chi connectivity index (χ3v) is 5.09. The zero-order valence-electron chi connectivity index (χ0n) is 11.6. The highest BCUT2D eigenvalue weighted by molar-refractivity contribution is 7.16. The van der Waals surface area contributed by atoms with Crippen LogP contribution >= 0.6 is 11.3 Å². The van der Waals surface area contributed by atoms with Crippen LogP contribution in [0.2, 0.25) is 0 Å². The van der Waals surface area contributed by atoms with Crippen LogP contribution in [-0.2, 0) is 6.42 Å². The standard InChI is InChI=1S/C13H17N7S/c14-10(5-9-6-15-7-16-9)12-19-20-11(8-3-1-2-4-8)17-18-13(20)21-12/h6-8,10H,1-5,14H2,(H,15,16). The number of nitrogens with two attached hydrogens (primary N) is 1. The Morgan fingerprint density at radius 1 is 1.38 bits per heavy atom. The summed E-state index contributed by atoms with van der Waals surface area (Å²) in [5.41, 5.74) is 7.27. The Kier molecular flexibility index (Phi) is 3.19. The molecular formula is C13H17N7S. The molecule has 0 radical (unpaired) electrons. The summed E-state index contributed by atoms with van der Waals surface area (Å²) < 4.78 is 1.89. The molecule has 3 heterocycles. The lowest BCUT2D eigenvalue weighted by atomic mass is 10.1. The van der Waals surface area contributed by atoms with Crippen molar-refractivity contribution in [2.75, 3.05) is 0 Å². The van der Waals surface area contributed by atoms with E-state index in [1.807, 2.05) is 4.52 Å². The van der Waals surface area contributed by atoms with E-state index >= 15 is 0 Å². The summed E-state index contributed by atoms with van der Waals surface area (Å²) in [7, 11) is 0. The zero-order valence-corrected chi connectivity index (χ0v) is 12.4. The molecule has 4 rings (SSSR count). The van der Waals surface area contributed by atoms with E-state index in [1.54, 1.807) is 12.5 Å². The third-order valence-electron chi connectivity index (χ3n) is 4.06. The van der Waals surface area contributed by atoms with Crippen LogP contribution in [0.3, 0.4) is 0 Å². The average molecular weight is 303 g/mol. The average Bonchev–Trinajstić information content (AvgIpc) is 3.23. The molecule has 1 atom stereocenters. The van der Waals surface area contributed by atoms with Gasteiger partial charge in [0.1, 0.15) is 5.01 Å². The quantitative estimate of drug-likeness (QED) is 0.766. The lowest BCUT2D eigenvalue weighted by Gasteiger charge is -2.06. The van der Waals surface area contributed by atoms with Crippen LogP contribution < -0.4 is 5.73 Å². The Hall–Kier alpha value is -1.80. The Bertz CT molecular complexity index is 723. The van der Waals surface area contributed by atoms with Crippen LogP contribution in [0, 0.1) is 0 Å². The molecule has 110 valence electrons. The van der Waals surface area contributed by atoms with E-state index in [0.717, 1.165) is 21.5 Å². The maximum atomic E-state index is 6.25. The van der Waals surface area contributed by atoms with Gasteiger partial charge in [0.05, 0.1) is 12.4 Å². The van der Waals surface area contributed by atoms with Gasteiger partial charge in [0.15, 0.2) is 5.82 Å². The Balaban J connectivity index is 1.61. The van der Waals surface area contributed by atoms with Gasteiger partial charge in [0, 0.05) is 24.2 Å². The molecule has 3 N–H and O–H groups in total. The molecule has 0 aliphatic heterocycles. The minimum atomic E-state index is -0.145. The predicted octanol–water partition coefficient (Wildman–Crippen LogP) is 1.81. The van der Waals surface area contributed by atoms with Gasteiger partial charge in [-0.25, -0.2) is 4.98 Å². The van der Waals surface area contributed by atoms with E-state index in [1.165, 1.54) is 37.0 Å². The molecule has 3 aromatic heterocycles. The summed E-state index contributed by atoms with van der Waals surface area (Å²) in [5, 5.41) is 14.1. The van der Waals surface area contributed by atoms with Gasteiger partial charge in [-0.05, 0) is 12.8 Å². The molecule has 1 saturated carbocycles. The van der Waals surface area contributed by atoms with Gasteiger partial charge in [-0.2, -0.15) is 9.61 Å². The molecule has 0 amide bonds. The van der Waals surface area contributed by atoms with Crippen LogP contribution in [0.4, 0.5) is 0 Å². The molecule has 8 heteroatoms. The van der Waals surface area contributed by atoms with Crippen molar-refractivity contribution in [2.24, 2.45) is 5.73 Å². The summed E-state index contributed by atoms with van der Waals surface area (Å²) in [5.74, 6) is 1.50. The molecule has 1 unspecified atom stereocenters. The van der Waals surface area contributed by atoms with Crippen LogP contribution in [0.15, 0.2) is 12.5 Å². The van der Waals surface area contributed by atoms with E-state index in [-0.39, 0.29) is 6.04 Å². The van der Waals surface area contributed by atoms with Crippen LogP contribution in [0.25, 0.3) is 4.96 Å². The minimum Gasteiger partial charge on any atom is -0.348 e. The van der Waals surface area contributed by atoms with Crippen LogP contribution in [0.1, 0.15) is 54.2 Å². The van der Waals surface area contributed by atoms with E-state index < -0.39 is 0 Å². The molecule has 3 aromatic rings. The molecule has 0 bridgehead atoms. The molecule has 0 saturated heterocycles. The molecular weight excluding hydrogens is 286 g/mol. The van der Waals surface area contributed by atoms with Crippen molar-refractivity contribution in [3.8, 4) is 0 Å². The van der Waals surface area contributed by atoms with E-state index in [4.69, 9.17) is 5.73 Å². The number of rotatable bonds is 4. The number of hydrogen-bond donors (Lipinski definition) is 2. The van der Waals surface area contributed by atoms with Gasteiger partial charge in [-0.3, -0.25) is 0 Å². The van der Waals surface area contributed by atoms with Gasteiger partial charge in [-0.1, -0.05) is 24.2 Å². The van der Waals surface area contributed by atoms with E-state index in [9.17, 15) is 0 Å². The second-order valence-electron chi connectivity index (χ2n) is 5.56. The van der Waals surface area contributed by atoms with Gasteiger partial charge in [0.2, 0.25) is 4.96 Å². The first-order chi connectivity index (χ1) is 10.3. The maximum absolute atomic E-state index is 6.25. The van der Waals surface area contributed by atoms with Crippen molar-refractivity contribution in [1.29, 1.82) is 0 Å². The van der Waals surface area contributed by atoms with Crippen molar-refractivity contribution in [2.45, 2.75) is 44.1 Å². The Morgan fingerprint density at radius 3 is 3.00 bits per heavy atom. The third kappa shape index (κ3) is 2.34. The van der Waals surface area contributed by atoms with Crippen molar-refractivity contribution in [3.05, 3.63) is 29.1 Å². The summed E-state index contributed by atoms with van der Waals surface area (Å²) >= 11 is 1.53. The zero-order chi connectivity index (χ0) is 14.2. The van der Waals surface area contributed by atoms with Crippen molar-refractivity contribution < 1.29 is 0 Å². The molecule has 1 aliphatic rings. The number of nitrogens with zero attached hydrogens (tertiary/aromatic N) is 5. The maximum Gasteiger partial charge on any atom is 0.234 e. The van der Waals surface area contributed by atoms with Crippen molar-refractivity contribution in [3.63, 3.8) is 0 Å². The van der Waals surface area contributed by atoms with Crippen LogP contribution in [0.5, 0.6) is 0 Å². The topological polar surface area (TPSA) is 97.8 Å². The molecule has 0 aromatic carbocycles. The van der Waals surface area contributed by atoms with Crippen molar-refractivity contribution >= 4 is 16.3 Å². The molecule has 1 aliphatic carbocycles. The summed E-state index contributed by atoms with van der Waals surface area (Å²) in [6.45, 7) is 0. The first-order valence-electron chi connectivity index (χ1n) is 7.26. The highest BCUT2D eigenvalue weighted by Crippen LogP contribution is 2.34. The van der Waals surface area contributed by atoms with Crippen LogP contribution in [-0.4, -0.2) is 29.8 Å². The summed E-state index contributed by atoms with van der Waals surface area (Å²) in [4.78, 5) is 7.92. The van der Waals surface area contributed by atoms with Gasteiger partial charge >= 0.3 is 0 Å². The monoisotopic (exact) mass is 303 g/mol. The second kappa shape index (κ2) is 5.19. The van der Waals surface area contributed by atoms with Gasteiger partial charge < -0.3 is 10.7 Å². The number of H-pyrrole nitrogens is 1. The number of aromatic nitrogens is 6. The number of nitrogens with one attached hydrogen (secondary N) is 1. The number of aromatic amines is 1. The number of fused-ring (bicyclic) bond motifs is 1. The minimum absolute atomic E-state index is 0.145.